The van der Waals surface area contributed by atoms with Crippen LogP contribution >= 0.6 is 0 Å². The maximum Gasteiger partial charge on any atom is 0.266 e. The van der Waals surface area contributed by atoms with E-state index in [1.165, 1.54) is 0 Å². The fourth-order valence-electron chi connectivity index (χ4n) is 3.32. The first-order chi connectivity index (χ1) is 11.2. The van der Waals surface area contributed by atoms with Gasteiger partial charge in [0.2, 0.25) is 0 Å². The molecule has 4 heteroatoms. The van der Waals surface area contributed by atoms with E-state index >= 15 is 0 Å². The van der Waals surface area contributed by atoms with E-state index in [4.69, 9.17) is 4.74 Å². The first kappa shape index (κ1) is 15.5. The van der Waals surface area contributed by atoms with Crippen molar-refractivity contribution < 1.29 is 4.74 Å². The van der Waals surface area contributed by atoms with Gasteiger partial charge in [0.15, 0.2) is 0 Å². The molecule has 1 heterocycles. The van der Waals surface area contributed by atoms with Crippen LogP contribution in [0.25, 0.3) is 11.1 Å². The van der Waals surface area contributed by atoms with Gasteiger partial charge in [0.25, 0.3) is 5.56 Å². The molecule has 1 atom stereocenters. The number of H-pyrrole nitrogens is 1. The number of nitriles is 1. The van der Waals surface area contributed by atoms with Crippen LogP contribution in [0.1, 0.15) is 48.3 Å². The van der Waals surface area contributed by atoms with Crippen LogP contribution in [0.15, 0.2) is 29.1 Å². The zero-order valence-electron chi connectivity index (χ0n) is 13.5. The van der Waals surface area contributed by atoms with Crippen molar-refractivity contribution in [3.05, 3.63) is 57.0 Å². The van der Waals surface area contributed by atoms with Gasteiger partial charge in [-0.05, 0) is 44.2 Å². The summed E-state index contributed by atoms with van der Waals surface area (Å²) < 4.78 is 5.79. The van der Waals surface area contributed by atoms with Crippen molar-refractivity contribution >= 4 is 0 Å². The van der Waals surface area contributed by atoms with Gasteiger partial charge in [-0.2, -0.15) is 5.26 Å². The number of ether oxygens (including phenoxy) is 1. The second-order valence-corrected chi connectivity index (χ2v) is 5.91. The maximum absolute atomic E-state index is 12.4. The monoisotopic (exact) mass is 308 g/mol. The third-order valence-electron chi connectivity index (χ3n) is 4.39. The summed E-state index contributed by atoms with van der Waals surface area (Å²) in [6.45, 7) is 4.58. The minimum Gasteiger partial charge on any atom is -0.372 e. The first-order valence-corrected chi connectivity index (χ1v) is 8.03. The fraction of sp³-hybridized carbons (Fsp3) is 0.368. The van der Waals surface area contributed by atoms with Crippen molar-refractivity contribution in [2.45, 2.75) is 39.2 Å². The molecule has 3 rings (SSSR count). The largest absolute Gasteiger partial charge is 0.372 e. The Bertz CT molecular complexity index is 813. The highest BCUT2D eigenvalue weighted by molar-refractivity contribution is 5.74. The van der Waals surface area contributed by atoms with Gasteiger partial charge < -0.3 is 9.72 Å². The van der Waals surface area contributed by atoms with Crippen molar-refractivity contribution in [1.29, 1.82) is 5.26 Å². The number of fused-ring (bicyclic) bond motifs is 1. The molecule has 23 heavy (non-hydrogen) atoms. The number of benzene rings is 1. The smallest absolute Gasteiger partial charge is 0.266 e. The number of nitrogens with one attached hydrogen (secondary N) is 1. The molecule has 0 radical (unpaired) electrons. The summed E-state index contributed by atoms with van der Waals surface area (Å²) in [5.74, 6) is 0. The lowest BCUT2D eigenvalue weighted by atomic mass is 9.85. The Morgan fingerprint density at radius 3 is 2.74 bits per heavy atom. The number of aromatic nitrogens is 1. The molecule has 1 unspecified atom stereocenters. The second kappa shape index (κ2) is 6.39. The minimum absolute atomic E-state index is 0.0895. The molecule has 0 saturated carbocycles. The molecule has 1 aromatic carbocycles. The highest BCUT2D eigenvalue weighted by atomic mass is 16.5. The SMILES string of the molecule is CCOC1CCCc2c1[nH]c(=O)c(C#N)c2-c1ccc(C)cc1. The van der Waals surface area contributed by atoms with E-state index in [0.29, 0.717) is 6.61 Å². The average Bonchev–Trinajstić information content (AvgIpc) is 2.55. The number of nitrogens with zero attached hydrogens (tertiary/aromatic N) is 1. The molecule has 2 aromatic rings. The van der Waals surface area contributed by atoms with Crippen molar-refractivity contribution in [3.63, 3.8) is 0 Å². The highest BCUT2D eigenvalue weighted by Crippen LogP contribution is 2.37. The molecule has 0 spiro atoms. The summed E-state index contributed by atoms with van der Waals surface area (Å²) in [6, 6.07) is 10.1. The standard InChI is InChI=1S/C19H20N2O2/c1-3-23-16-6-4-5-14-17(13-9-7-12(2)8-10-13)15(11-20)19(22)21-18(14)16/h7-10,16H,3-6H2,1-2H3,(H,21,22). The first-order valence-electron chi connectivity index (χ1n) is 8.03. The van der Waals surface area contributed by atoms with Gasteiger partial charge in [0, 0.05) is 12.2 Å². The Labute approximate surface area is 135 Å². The van der Waals surface area contributed by atoms with Gasteiger partial charge >= 0.3 is 0 Å². The Morgan fingerprint density at radius 1 is 1.35 bits per heavy atom. The third kappa shape index (κ3) is 2.80. The minimum atomic E-state index is -0.326. The van der Waals surface area contributed by atoms with Crippen LogP contribution < -0.4 is 5.56 Å². The van der Waals surface area contributed by atoms with Crippen LogP contribution in [0.5, 0.6) is 0 Å². The molecule has 0 bridgehead atoms. The van der Waals surface area contributed by atoms with E-state index in [2.05, 4.69) is 11.1 Å². The van der Waals surface area contributed by atoms with Crippen LogP contribution in [0.3, 0.4) is 0 Å². The van der Waals surface area contributed by atoms with Crippen LogP contribution in [-0.2, 0) is 11.2 Å². The number of pyridine rings is 1. The predicted octanol–water partition coefficient (Wildman–Crippen LogP) is 3.64. The predicted molar refractivity (Wildman–Crippen MR) is 89.3 cm³/mol. The third-order valence-corrected chi connectivity index (χ3v) is 4.39. The molecule has 118 valence electrons. The average molecular weight is 308 g/mol. The highest BCUT2D eigenvalue weighted by Gasteiger charge is 2.27. The number of aryl methyl sites for hydroxylation is 1. The number of hydrogen-bond donors (Lipinski definition) is 1. The van der Waals surface area contributed by atoms with Crippen LogP contribution in [-0.4, -0.2) is 11.6 Å². The van der Waals surface area contributed by atoms with Crippen molar-refractivity contribution in [1.82, 2.24) is 4.98 Å². The van der Waals surface area contributed by atoms with Crippen molar-refractivity contribution in [2.24, 2.45) is 0 Å². The van der Waals surface area contributed by atoms with E-state index in [0.717, 1.165) is 47.2 Å². The topological polar surface area (TPSA) is 65.9 Å². The second-order valence-electron chi connectivity index (χ2n) is 5.91. The van der Waals surface area contributed by atoms with E-state index in [1.807, 2.05) is 38.1 Å². The Kier molecular flexibility index (Phi) is 4.31. The van der Waals surface area contributed by atoms with Crippen molar-refractivity contribution in [3.8, 4) is 17.2 Å². The zero-order chi connectivity index (χ0) is 16.4. The van der Waals surface area contributed by atoms with Crippen molar-refractivity contribution in [2.75, 3.05) is 6.61 Å². The summed E-state index contributed by atoms with van der Waals surface area (Å²) in [5, 5.41) is 9.48. The van der Waals surface area contributed by atoms with Gasteiger partial charge in [-0.3, -0.25) is 4.79 Å². The Hall–Kier alpha value is -2.38. The van der Waals surface area contributed by atoms with Gasteiger partial charge in [-0.25, -0.2) is 0 Å². The quantitative estimate of drug-likeness (QED) is 0.941. The van der Waals surface area contributed by atoms with Gasteiger partial charge in [0.1, 0.15) is 11.6 Å². The molecular weight excluding hydrogens is 288 g/mol. The molecule has 4 nitrogen and oxygen atoms in total. The molecule has 0 aliphatic heterocycles. The lowest BCUT2D eigenvalue weighted by Gasteiger charge is -2.27. The number of aromatic amines is 1. The summed E-state index contributed by atoms with van der Waals surface area (Å²) in [7, 11) is 0. The van der Waals surface area contributed by atoms with Gasteiger partial charge in [-0.15, -0.1) is 0 Å². The lowest BCUT2D eigenvalue weighted by Crippen LogP contribution is -2.24. The molecule has 0 amide bonds. The van der Waals surface area contributed by atoms with Gasteiger partial charge in [-0.1, -0.05) is 29.8 Å². The van der Waals surface area contributed by atoms with E-state index < -0.39 is 0 Å². The van der Waals surface area contributed by atoms with E-state index in [9.17, 15) is 10.1 Å². The normalized spacial score (nSPS) is 16.7. The van der Waals surface area contributed by atoms with E-state index in [1.54, 1.807) is 0 Å². The molecular formula is C19H20N2O2. The van der Waals surface area contributed by atoms with Crippen LogP contribution in [0, 0.1) is 18.3 Å². The summed E-state index contributed by atoms with van der Waals surface area (Å²) in [4.78, 5) is 15.3. The summed E-state index contributed by atoms with van der Waals surface area (Å²) in [6.07, 6.45) is 2.66. The molecule has 1 N–H and O–H groups in total. The Morgan fingerprint density at radius 2 is 2.09 bits per heavy atom. The Balaban J connectivity index is 2.27. The maximum atomic E-state index is 12.4. The molecule has 1 aliphatic rings. The molecule has 0 saturated heterocycles. The molecule has 0 fully saturated rings. The van der Waals surface area contributed by atoms with Crippen LogP contribution in [0.4, 0.5) is 0 Å². The lowest BCUT2D eigenvalue weighted by molar-refractivity contribution is 0.0467. The summed E-state index contributed by atoms with van der Waals surface area (Å²) >= 11 is 0. The summed E-state index contributed by atoms with van der Waals surface area (Å²) in [5.41, 5.74) is 4.62. The zero-order valence-corrected chi connectivity index (χ0v) is 13.5. The molecule has 1 aliphatic carbocycles. The van der Waals surface area contributed by atoms with E-state index in [-0.39, 0.29) is 17.2 Å². The molecule has 1 aromatic heterocycles. The number of hydrogen-bond acceptors (Lipinski definition) is 3. The fourth-order valence-corrected chi connectivity index (χ4v) is 3.32. The van der Waals surface area contributed by atoms with Crippen LogP contribution in [0.2, 0.25) is 0 Å². The van der Waals surface area contributed by atoms with Gasteiger partial charge in [0.05, 0.1) is 11.8 Å². The number of rotatable bonds is 3.